The maximum absolute atomic E-state index is 14.7. The second-order valence-electron chi connectivity index (χ2n) is 9.33. The van der Waals surface area contributed by atoms with Crippen LogP contribution in [0.4, 0.5) is 13.2 Å². The largest absolute Gasteiger partial charge is 0.438 e. The molecule has 1 saturated carbocycles. The summed E-state index contributed by atoms with van der Waals surface area (Å²) >= 11 is 0. The molecular weight excluding hydrogens is 445 g/mol. The fraction of sp³-hybridized carbons (Fsp3) is 0.440. The lowest BCUT2D eigenvalue weighted by molar-refractivity contribution is -0.214. The number of nitrogens with zero attached hydrogens (tertiary/aromatic N) is 3. The topological polar surface area (TPSA) is 76.9 Å². The number of imidazole rings is 1. The molecule has 2 aromatic heterocycles. The number of ketones is 1. The van der Waals surface area contributed by atoms with E-state index in [2.05, 4.69) is 9.97 Å². The van der Waals surface area contributed by atoms with Crippen LogP contribution in [0.3, 0.4) is 0 Å². The van der Waals surface area contributed by atoms with E-state index in [0.29, 0.717) is 11.2 Å². The number of hydrogen-bond acceptors (Lipinski definition) is 4. The number of carbonyl (C=O) groups excluding carboxylic acids is 2. The standard InChI is InChI=1S/C25H25F3N4O2/c1-14-11-19-20(12-15(14)2)32-22(30-19)13-21(33)24(32,25(26,27)28)31-23(34)18-10-6-9-17(29-18)16-7-4-3-5-8-16/h6,9-12,16H,3-5,7-8,13H2,1-2H3,(H,31,34). The van der Waals surface area contributed by atoms with Crippen molar-refractivity contribution in [2.45, 2.75) is 70.1 Å². The molecule has 1 amide bonds. The van der Waals surface area contributed by atoms with Crippen molar-refractivity contribution in [1.29, 1.82) is 0 Å². The lowest BCUT2D eigenvalue weighted by Crippen LogP contribution is -2.62. The first-order valence-corrected chi connectivity index (χ1v) is 11.5. The zero-order valence-corrected chi connectivity index (χ0v) is 19.0. The van der Waals surface area contributed by atoms with Crippen LogP contribution in [0.15, 0.2) is 30.3 Å². The Morgan fingerprint density at radius 2 is 1.79 bits per heavy atom. The summed E-state index contributed by atoms with van der Waals surface area (Å²) in [4.78, 5) is 34.8. The van der Waals surface area contributed by atoms with E-state index in [0.717, 1.165) is 47.8 Å². The molecule has 1 fully saturated rings. The maximum Gasteiger partial charge on any atom is 0.438 e. The van der Waals surface area contributed by atoms with E-state index in [-0.39, 0.29) is 23.0 Å². The molecule has 9 heteroatoms. The Morgan fingerprint density at radius 3 is 2.50 bits per heavy atom. The Morgan fingerprint density at radius 1 is 1.09 bits per heavy atom. The van der Waals surface area contributed by atoms with Crippen molar-refractivity contribution in [2.75, 3.05) is 0 Å². The second kappa shape index (κ2) is 7.92. The molecule has 1 aromatic carbocycles. The first-order valence-electron chi connectivity index (χ1n) is 11.5. The molecular formula is C25H25F3N4O2. The Balaban J connectivity index is 1.58. The summed E-state index contributed by atoms with van der Waals surface area (Å²) < 4.78 is 44.9. The van der Waals surface area contributed by atoms with Gasteiger partial charge in [-0.25, -0.2) is 9.97 Å². The van der Waals surface area contributed by atoms with Crippen LogP contribution < -0.4 is 5.32 Å². The number of alkyl halides is 3. The third kappa shape index (κ3) is 3.40. The first kappa shape index (κ1) is 22.6. The van der Waals surface area contributed by atoms with Crippen molar-refractivity contribution in [2.24, 2.45) is 0 Å². The van der Waals surface area contributed by atoms with Crippen molar-refractivity contribution in [3.05, 3.63) is 58.7 Å². The van der Waals surface area contributed by atoms with E-state index < -0.39 is 30.0 Å². The number of benzene rings is 1. The number of pyridine rings is 1. The quantitative estimate of drug-likeness (QED) is 0.593. The van der Waals surface area contributed by atoms with Crippen molar-refractivity contribution in [1.82, 2.24) is 19.9 Å². The van der Waals surface area contributed by atoms with Crippen LogP contribution in [0.25, 0.3) is 11.0 Å². The van der Waals surface area contributed by atoms with Crippen molar-refractivity contribution in [3.8, 4) is 0 Å². The van der Waals surface area contributed by atoms with Gasteiger partial charge in [-0.2, -0.15) is 13.2 Å². The van der Waals surface area contributed by atoms with E-state index in [9.17, 15) is 22.8 Å². The van der Waals surface area contributed by atoms with Gasteiger partial charge in [-0.1, -0.05) is 25.3 Å². The Labute approximate surface area is 194 Å². The van der Waals surface area contributed by atoms with Gasteiger partial charge < -0.3 is 5.32 Å². The lowest BCUT2D eigenvalue weighted by Gasteiger charge is -2.33. The highest BCUT2D eigenvalue weighted by molar-refractivity contribution is 6.01. The molecule has 0 bridgehead atoms. The van der Waals surface area contributed by atoms with Crippen LogP contribution in [0.1, 0.15) is 71.2 Å². The summed E-state index contributed by atoms with van der Waals surface area (Å²) in [7, 11) is 0. The Hall–Kier alpha value is -3.23. The van der Waals surface area contributed by atoms with Crippen molar-refractivity contribution >= 4 is 22.7 Å². The van der Waals surface area contributed by atoms with Gasteiger partial charge in [0.2, 0.25) is 0 Å². The summed E-state index contributed by atoms with van der Waals surface area (Å²) in [5.74, 6) is -2.05. The normalized spacial score (nSPS) is 21.1. The molecule has 0 saturated heterocycles. The predicted molar refractivity (Wildman–Crippen MR) is 119 cm³/mol. The average molecular weight is 470 g/mol. The van der Waals surface area contributed by atoms with Crippen LogP contribution >= 0.6 is 0 Å². The molecule has 3 heterocycles. The summed E-state index contributed by atoms with van der Waals surface area (Å²) in [6.07, 6.45) is -0.473. The minimum absolute atomic E-state index is 0.0217. The maximum atomic E-state index is 14.7. The van der Waals surface area contributed by atoms with E-state index in [1.54, 1.807) is 31.2 Å². The van der Waals surface area contributed by atoms with Gasteiger partial charge in [-0.05, 0) is 62.1 Å². The lowest BCUT2D eigenvalue weighted by atomic mass is 9.86. The molecule has 1 aliphatic carbocycles. The molecule has 6 nitrogen and oxygen atoms in total. The first-order chi connectivity index (χ1) is 16.1. The molecule has 5 rings (SSSR count). The van der Waals surface area contributed by atoms with Crippen LogP contribution in [-0.4, -0.2) is 32.4 Å². The summed E-state index contributed by atoms with van der Waals surface area (Å²) in [5, 5.41) is 2.04. The van der Waals surface area contributed by atoms with E-state index in [1.165, 1.54) is 6.07 Å². The molecule has 34 heavy (non-hydrogen) atoms. The molecule has 178 valence electrons. The van der Waals surface area contributed by atoms with Crippen LogP contribution in [0, 0.1) is 13.8 Å². The average Bonchev–Trinajstić information content (AvgIpc) is 3.27. The highest BCUT2D eigenvalue weighted by Crippen LogP contribution is 2.44. The zero-order valence-electron chi connectivity index (χ0n) is 19.0. The Kier molecular flexibility index (Phi) is 5.26. The molecule has 1 atom stereocenters. The number of amides is 1. The zero-order chi connectivity index (χ0) is 24.3. The number of aromatic nitrogens is 3. The van der Waals surface area contributed by atoms with Crippen LogP contribution in [0.2, 0.25) is 0 Å². The van der Waals surface area contributed by atoms with Gasteiger partial charge >= 0.3 is 6.18 Å². The van der Waals surface area contributed by atoms with E-state index in [1.807, 2.05) is 12.2 Å². The minimum atomic E-state index is -5.08. The highest BCUT2D eigenvalue weighted by Gasteiger charge is 2.67. The highest BCUT2D eigenvalue weighted by atomic mass is 19.4. The Bertz CT molecular complexity index is 1310. The number of halogens is 3. The SMILES string of the molecule is Cc1cc2nc3n(c2cc1C)C(NC(=O)c1cccc(C2CCCCC2)n1)(C(F)(F)F)C(=O)C3. The van der Waals surface area contributed by atoms with Crippen LogP contribution in [0.5, 0.6) is 0 Å². The van der Waals surface area contributed by atoms with Gasteiger partial charge in [0.15, 0.2) is 5.78 Å². The molecule has 3 aromatic rings. The monoisotopic (exact) mass is 470 g/mol. The molecule has 0 radical (unpaired) electrons. The van der Waals surface area contributed by atoms with Crippen molar-refractivity contribution < 1.29 is 22.8 Å². The van der Waals surface area contributed by atoms with Gasteiger partial charge in [0, 0.05) is 11.6 Å². The molecule has 1 unspecified atom stereocenters. The number of aryl methyl sites for hydroxylation is 2. The fourth-order valence-electron chi connectivity index (χ4n) is 5.18. The number of hydrogen-bond donors (Lipinski definition) is 1. The summed E-state index contributed by atoms with van der Waals surface area (Å²) in [5.41, 5.74) is -0.523. The van der Waals surface area contributed by atoms with E-state index >= 15 is 0 Å². The number of rotatable bonds is 3. The van der Waals surface area contributed by atoms with Gasteiger partial charge in [0.05, 0.1) is 17.5 Å². The van der Waals surface area contributed by atoms with Gasteiger partial charge in [-0.3, -0.25) is 14.2 Å². The minimum Gasteiger partial charge on any atom is -0.314 e. The fourth-order valence-corrected chi connectivity index (χ4v) is 5.18. The molecule has 0 spiro atoms. The molecule has 2 aliphatic rings. The summed E-state index contributed by atoms with van der Waals surface area (Å²) in [6, 6.07) is 8.09. The smallest absolute Gasteiger partial charge is 0.314 e. The molecule has 1 aliphatic heterocycles. The van der Waals surface area contributed by atoms with E-state index in [4.69, 9.17) is 0 Å². The van der Waals surface area contributed by atoms with Crippen LogP contribution in [-0.2, 0) is 16.9 Å². The second-order valence-corrected chi connectivity index (χ2v) is 9.33. The summed E-state index contributed by atoms with van der Waals surface area (Å²) in [6.45, 7) is 3.62. The van der Waals surface area contributed by atoms with Gasteiger partial charge in [0.25, 0.3) is 11.6 Å². The third-order valence-corrected chi connectivity index (χ3v) is 7.13. The van der Waals surface area contributed by atoms with Gasteiger partial charge in [-0.15, -0.1) is 0 Å². The number of nitrogens with one attached hydrogen (secondary N) is 1. The number of carbonyl (C=O) groups is 2. The van der Waals surface area contributed by atoms with Crippen molar-refractivity contribution in [3.63, 3.8) is 0 Å². The van der Waals surface area contributed by atoms with Gasteiger partial charge in [0.1, 0.15) is 11.5 Å². The third-order valence-electron chi connectivity index (χ3n) is 7.13. The number of fused-ring (bicyclic) bond motifs is 3. The number of Topliss-reactive ketones (excluding diaryl/α,β-unsaturated/α-hetero) is 1. The predicted octanol–water partition coefficient (Wildman–Crippen LogP) is 4.87. The molecule has 1 N–H and O–H groups in total.